The van der Waals surface area contributed by atoms with E-state index in [1.807, 2.05) is 36.6 Å². The smallest absolute Gasteiger partial charge is 0.234 e. The van der Waals surface area contributed by atoms with Gasteiger partial charge in [-0.15, -0.1) is 23.1 Å². The van der Waals surface area contributed by atoms with Gasteiger partial charge in [0, 0.05) is 21.5 Å². The van der Waals surface area contributed by atoms with Crippen LogP contribution in [0.15, 0.2) is 58.8 Å². The van der Waals surface area contributed by atoms with Gasteiger partial charge in [0.15, 0.2) is 0 Å². The lowest BCUT2D eigenvalue weighted by atomic mass is 10.1. The maximum atomic E-state index is 13.6. The standard InChI is InChI=1S/C18H15FN2OS2/c1-12-20-16(10-23-12)13-5-4-6-14(9-13)21-18(22)11-24-17-8-3-2-7-15(17)19/h2-10H,11H2,1H3,(H,21,22). The molecular weight excluding hydrogens is 343 g/mol. The quantitative estimate of drug-likeness (QED) is 0.654. The molecule has 0 saturated carbocycles. The van der Waals surface area contributed by atoms with E-state index < -0.39 is 0 Å². The Bertz CT molecular complexity index is 863. The number of hydrogen-bond acceptors (Lipinski definition) is 4. The number of thiazole rings is 1. The normalized spacial score (nSPS) is 10.6. The molecule has 3 rings (SSSR count). The number of rotatable bonds is 5. The van der Waals surface area contributed by atoms with Gasteiger partial charge in [-0.05, 0) is 31.2 Å². The molecule has 1 aromatic heterocycles. The fraction of sp³-hybridized carbons (Fsp3) is 0.111. The number of carbonyl (C=O) groups is 1. The summed E-state index contributed by atoms with van der Waals surface area (Å²) in [5.41, 5.74) is 2.56. The highest BCUT2D eigenvalue weighted by molar-refractivity contribution is 8.00. The monoisotopic (exact) mass is 358 g/mol. The van der Waals surface area contributed by atoms with E-state index in [4.69, 9.17) is 0 Å². The minimum atomic E-state index is -0.309. The number of aryl methyl sites for hydroxylation is 1. The molecule has 0 saturated heterocycles. The topological polar surface area (TPSA) is 42.0 Å². The van der Waals surface area contributed by atoms with Crippen molar-refractivity contribution < 1.29 is 9.18 Å². The van der Waals surface area contributed by atoms with Crippen molar-refractivity contribution in [3.05, 3.63) is 64.7 Å². The van der Waals surface area contributed by atoms with Crippen LogP contribution >= 0.6 is 23.1 Å². The Hall–Kier alpha value is -2.18. The maximum Gasteiger partial charge on any atom is 0.234 e. The Kier molecular flexibility index (Phi) is 5.27. The molecule has 0 unspecified atom stereocenters. The molecule has 0 radical (unpaired) electrons. The summed E-state index contributed by atoms with van der Waals surface area (Å²) in [7, 11) is 0. The van der Waals surface area contributed by atoms with Crippen molar-refractivity contribution in [2.75, 3.05) is 11.1 Å². The zero-order chi connectivity index (χ0) is 16.9. The van der Waals surface area contributed by atoms with E-state index in [0.717, 1.165) is 16.3 Å². The summed E-state index contributed by atoms with van der Waals surface area (Å²) >= 11 is 2.77. The van der Waals surface area contributed by atoms with Crippen LogP contribution in [0.2, 0.25) is 0 Å². The second-order valence-electron chi connectivity index (χ2n) is 5.10. The molecule has 0 aliphatic carbocycles. The lowest BCUT2D eigenvalue weighted by Crippen LogP contribution is -2.14. The first-order valence-corrected chi connectivity index (χ1v) is 9.18. The number of anilines is 1. The van der Waals surface area contributed by atoms with Crippen LogP contribution in [-0.4, -0.2) is 16.6 Å². The van der Waals surface area contributed by atoms with Crippen LogP contribution in [0.3, 0.4) is 0 Å². The van der Waals surface area contributed by atoms with Gasteiger partial charge in [0.25, 0.3) is 0 Å². The summed E-state index contributed by atoms with van der Waals surface area (Å²) in [6, 6.07) is 14.0. The number of carbonyl (C=O) groups excluding carboxylic acids is 1. The number of thioether (sulfide) groups is 1. The first kappa shape index (κ1) is 16.7. The summed E-state index contributed by atoms with van der Waals surface area (Å²) < 4.78 is 13.6. The lowest BCUT2D eigenvalue weighted by molar-refractivity contribution is -0.113. The molecule has 0 aliphatic heterocycles. The molecule has 0 atom stereocenters. The molecule has 3 nitrogen and oxygen atoms in total. The summed E-state index contributed by atoms with van der Waals surface area (Å²) in [6.07, 6.45) is 0. The Morgan fingerprint density at radius 1 is 1.25 bits per heavy atom. The largest absolute Gasteiger partial charge is 0.325 e. The lowest BCUT2D eigenvalue weighted by Gasteiger charge is -2.07. The van der Waals surface area contributed by atoms with Crippen LogP contribution in [0.5, 0.6) is 0 Å². The zero-order valence-electron chi connectivity index (χ0n) is 13.0. The van der Waals surface area contributed by atoms with Gasteiger partial charge in [0.05, 0.1) is 16.5 Å². The third kappa shape index (κ3) is 4.21. The average molecular weight is 358 g/mol. The van der Waals surface area contributed by atoms with E-state index in [1.54, 1.807) is 29.5 Å². The second kappa shape index (κ2) is 7.59. The minimum Gasteiger partial charge on any atom is -0.325 e. The summed E-state index contributed by atoms with van der Waals surface area (Å²) in [5.74, 6) is -0.327. The van der Waals surface area contributed by atoms with Gasteiger partial charge >= 0.3 is 0 Å². The average Bonchev–Trinajstić information content (AvgIpc) is 3.01. The number of benzene rings is 2. The number of amides is 1. The summed E-state index contributed by atoms with van der Waals surface area (Å²) in [5, 5.41) is 5.83. The van der Waals surface area contributed by atoms with E-state index in [-0.39, 0.29) is 17.5 Å². The van der Waals surface area contributed by atoms with Gasteiger partial charge < -0.3 is 5.32 Å². The van der Waals surface area contributed by atoms with Crippen LogP contribution in [-0.2, 0) is 4.79 Å². The Morgan fingerprint density at radius 3 is 2.83 bits per heavy atom. The zero-order valence-corrected chi connectivity index (χ0v) is 14.6. The first-order valence-electron chi connectivity index (χ1n) is 7.31. The van der Waals surface area contributed by atoms with E-state index in [2.05, 4.69) is 10.3 Å². The van der Waals surface area contributed by atoms with E-state index in [9.17, 15) is 9.18 Å². The number of hydrogen-bond donors (Lipinski definition) is 1. The van der Waals surface area contributed by atoms with Crippen LogP contribution < -0.4 is 5.32 Å². The van der Waals surface area contributed by atoms with Gasteiger partial charge in [-0.3, -0.25) is 4.79 Å². The molecule has 6 heteroatoms. The molecule has 3 aromatic rings. The third-order valence-electron chi connectivity index (χ3n) is 3.26. The Balaban J connectivity index is 1.63. The molecule has 1 N–H and O–H groups in total. The van der Waals surface area contributed by atoms with Crippen LogP contribution in [0.4, 0.5) is 10.1 Å². The molecule has 122 valence electrons. The highest BCUT2D eigenvalue weighted by Gasteiger charge is 2.08. The third-order valence-corrected chi connectivity index (χ3v) is 5.08. The minimum absolute atomic E-state index is 0.154. The molecule has 0 fully saturated rings. The van der Waals surface area contributed by atoms with Crippen molar-refractivity contribution in [2.24, 2.45) is 0 Å². The molecule has 1 amide bonds. The maximum absolute atomic E-state index is 13.6. The Labute approximate surface area is 148 Å². The molecule has 0 aliphatic rings. The van der Waals surface area contributed by atoms with E-state index in [0.29, 0.717) is 10.6 Å². The summed E-state index contributed by atoms with van der Waals surface area (Å²) in [4.78, 5) is 17.0. The number of nitrogens with one attached hydrogen (secondary N) is 1. The van der Waals surface area contributed by atoms with Crippen LogP contribution in [0.1, 0.15) is 5.01 Å². The SMILES string of the molecule is Cc1nc(-c2cccc(NC(=O)CSc3ccccc3F)c2)cs1. The summed E-state index contributed by atoms with van der Waals surface area (Å²) in [6.45, 7) is 1.96. The van der Waals surface area contributed by atoms with Crippen molar-refractivity contribution >= 4 is 34.7 Å². The van der Waals surface area contributed by atoms with Crippen molar-refractivity contribution in [1.29, 1.82) is 0 Å². The van der Waals surface area contributed by atoms with E-state index >= 15 is 0 Å². The second-order valence-corrected chi connectivity index (χ2v) is 7.18. The predicted molar refractivity (Wildman–Crippen MR) is 98.0 cm³/mol. The molecule has 1 heterocycles. The van der Waals surface area contributed by atoms with Crippen molar-refractivity contribution in [2.45, 2.75) is 11.8 Å². The van der Waals surface area contributed by atoms with Crippen LogP contribution in [0, 0.1) is 12.7 Å². The van der Waals surface area contributed by atoms with Crippen molar-refractivity contribution in [3.63, 3.8) is 0 Å². The fourth-order valence-electron chi connectivity index (χ4n) is 2.15. The number of halogens is 1. The first-order chi connectivity index (χ1) is 11.6. The van der Waals surface area contributed by atoms with Crippen molar-refractivity contribution in [1.82, 2.24) is 4.98 Å². The van der Waals surface area contributed by atoms with Crippen molar-refractivity contribution in [3.8, 4) is 11.3 Å². The van der Waals surface area contributed by atoms with Gasteiger partial charge in [0.1, 0.15) is 5.82 Å². The number of aromatic nitrogens is 1. The molecule has 24 heavy (non-hydrogen) atoms. The van der Waals surface area contributed by atoms with Gasteiger partial charge in [-0.2, -0.15) is 0 Å². The fourth-order valence-corrected chi connectivity index (χ4v) is 3.52. The highest BCUT2D eigenvalue weighted by atomic mass is 32.2. The number of nitrogens with zero attached hydrogens (tertiary/aromatic N) is 1. The van der Waals surface area contributed by atoms with Gasteiger partial charge in [0.2, 0.25) is 5.91 Å². The van der Waals surface area contributed by atoms with Gasteiger partial charge in [-0.1, -0.05) is 24.3 Å². The molecular formula is C18H15FN2OS2. The highest BCUT2D eigenvalue weighted by Crippen LogP contribution is 2.25. The molecule has 0 bridgehead atoms. The van der Waals surface area contributed by atoms with Crippen LogP contribution in [0.25, 0.3) is 11.3 Å². The molecule has 2 aromatic carbocycles. The molecule has 0 spiro atoms. The van der Waals surface area contributed by atoms with E-state index in [1.165, 1.54) is 17.8 Å². The Morgan fingerprint density at radius 2 is 2.08 bits per heavy atom. The predicted octanol–water partition coefficient (Wildman–Crippen LogP) is 4.99. The van der Waals surface area contributed by atoms with Gasteiger partial charge in [-0.25, -0.2) is 9.37 Å².